The fraction of sp³-hybridized carbons (Fsp3) is 0.467. The Labute approximate surface area is 124 Å². The lowest BCUT2D eigenvalue weighted by molar-refractivity contribution is -0.123. The number of benzene rings is 1. The molecule has 1 unspecified atom stereocenters. The highest BCUT2D eigenvalue weighted by molar-refractivity contribution is 6.30. The first-order valence-electron chi connectivity index (χ1n) is 6.89. The monoisotopic (exact) mass is 294 g/mol. The molecule has 0 radical (unpaired) electrons. The number of hydrazone groups is 1. The lowest BCUT2D eigenvalue weighted by Gasteiger charge is -2.19. The zero-order valence-electron chi connectivity index (χ0n) is 11.6. The van der Waals surface area contributed by atoms with E-state index in [0.29, 0.717) is 16.7 Å². The summed E-state index contributed by atoms with van der Waals surface area (Å²) in [4.78, 5) is 11.7. The first kappa shape index (κ1) is 14.9. The molecule has 1 aliphatic carbocycles. The van der Waals surface area contributed by atoms with E-state index in [-0.39, 0.29) is 12.5 Å². The molecule has 1 amide bonds. The number of amides is 1. The molecule has 5 heteroatoms. The molecule has 108 valence electrons. The molecule has 1 N–H and O–H groups in total. The van der Waals surface area contributed by atoms with Crippen LogP contribution < -0.4 is 10.2 Å². The largest absolute Gasteiger partial charge is 0.484 e. The molecule has 0 saturated heterocycles. The van der Waals surface area contributed by atoms with Crippen LogP contribution in [0.25, 0.3) is 0 Å². The van der Waals surface area contributed by atoms with Gasteiger partial charge in [-0.2, -0.15) is 5.10 Å². The van der Waals surface area contributed by atoms with Gasteiger partial charge in [-0.3, -0.25) is 4.79 Å². The van der Waals surface area contributed by atoms with Gasteiger partial charge >= 0.3 is 0 Å². The second-order valence-corrected chi connectivity index (χ2v) is 5.46. The maximum Gasteiger partial charge on any atom is 0.277 e. The quantitative estimate of drug-likeness (QED) is 0.865. The van der Waals surface area contributed by atoms with E-state index < -0.39 is 0 Å². The molecule has 4 nitrogen and oxygen atoms in total. The van der Waals surface area contributed by atoms with Crippen molar-refractivity contribution >= 4 is 23.2 Å². The Balaban J connectivity index is 1.77. The molecule has 1 atom stereocenters. The number of halogens is 1. The molecule has 0 bridgehead atoms. The SMILES string of the molecule is CC1CCCC/C1=N\NC(=O)COc1ccc(Cl)cc1. The van der Waals surface area contributed by atoms with Gasteiger partial charge in [0.2, 0.25) is 0 Å². The maximum absolute atomic E-state index is 11.7. The van der Waals surface area contributed by atoms with Gasteiger partial charge in [-0.25, -0.2) is 5.43 Å². The van der Waals surface area contributed by atoms with E-state index in [4.69, 9.17) is 16.3 Å². The summed E-state index contributed by atoms with van der Waals surface area (Å²) in [5.41, 5.74) is 3.64. The van der Waals surface area contributed by atoms with Crippen molar-refractivity contribution in [2.45, 2.75) is 32.6 Å². The van der Waals surface area contributed by atoms with Crippen molar-refractivity contribution in [2.75, 3.05) is 6.61 Å². The van der Waals surface area contributed by atoms with Crippen LogP contribution in [0.2, 0.25) is 5.02 Å². The lowest BCUT2D eigenvalue weighted by atomic mass is 9.89. The van der Waals surface area contributed by atoms with Gasteiger partial charge in [0.15, 0.2) is 6.61 Å². The third-order valence-electron chi connectivity index (χ3n) is 3.40. The van der Waals surface area contributed by atoms with E-state index in [1.54, 1.807) is 24.3 Å². The van der Waals surface area contributed by atoms with Crippen LogP contribution in [0.15, 0.2) is 29.4 Å². The minimum absolute atomic E-state index is 0.0488. The Morgan fingerprint density at radius 2 is 2.15 bits per heavy atom. The van der Waals surface area contributed by atoms with Crippen molar-refractivity contribution in [3.8, 4) is 5.75 Å². The Kier molecular flexibility index (Phi) is 5.41. The molecule has 0 aromatic heterocycles. The second kappa shape index (κ2) is 7.29. The van der Waals surface area contributed by atoms with Crippen LogP contribution in [0.3, 0.4) is 0 Å². The molecule has 1 aromatic rings. The molecule has 2 rings (SSSR count). The number of rotatable bonds is 4. The molecule has 1 aliphatic rings. The number of hydrogen-bond acceptors (Lipinski definition) is 3. The molecular weight excluding hydrogens is 276 g/mol. The summed E-state index contributed by atoms with van der Waals surface area (Å²) in [6, 6.07) is 6.90. The predicted molar refractivity (Wildman–Crippen MR) is 80.2 cm³/mol. The standard InChI is InChI=1S/C15H19ClN2O2/c1-11-4-2-3-5-14(11)17-18-15(19)10-20-13-8-6-12(16)7-9-13/h6-9,11H,2-5,10H2,1H3,(H,18,19)/b17-14+. The van der Waals surface area contributed by atoms with Gasteiger partial charge in [-0.1, -0.05) is 24.9 Å². The van der Waals surface area contributed by atoms with Crippen LogP contribution in [-0.2, 0) is 4.79 Å². The predicted octanol–water partition coefficient (Wildman–Crippen LogP) is 3.40. The molecule has 0 heterocycles. The second-order valence-electron chi connectivity index (χ2n) is 5.03. The third-order valence-corrected chi connectivity index (χ3v) is 3.65. The molecular formula is C15H19ClN2O2. The summed E-state index contributed by atoms with van der Waals surface area (Å²) in [6.07, 6.45) is 4.52. The van der Waals surface area contributed by atoms with Crippen molar-refractivity contribution in [1.29, 1.82) is 0 Å². The first-order chi connectivity index (χ1) is 9.65. The number of carbonyl (C=O) groups is 1. The van der Waals surface area contributed by atoms with Gasteiger partial charge < -0.3 is 4.74 Å². The van der Waals surface area contributed by atoms with Gasteiger partial charge in [-0.15, -0.1) is 0 Å². The molecule has 1 fully saturated rings. The van der Waals surface area contributed by atoms with E-state index in [2.05, 4.69) is 17.5 Å². The number of hydrogen-bond donors (Lipinski definition) is 1. The highest BCUT2D eigenvalue weighted by Gasteiger charge is 2.16. The van der Waals surface area contributed by atoms with Crippen molar-refractivity contribution in [3.63, 3.8) is 0 Å². The smallest absolute Gasteiger partial charge is 0.277 e. The van der Waals surface area contributed by atoms with Crippen LogP contribution >= 0.6 is 11.6 Å². The van der Waals surface area contributed by atoms with Gasteiger partial charge in [-0.05, 0) is 49.4 Å². The summed E-state index contributed by atoms with van der Waals surface area (Å²) in [5.74, 6) is 0.828. The van der Waals surface area contributed by atoms with Crippen molar-refractivity contribution in [2.24, 2.45) is 11.0 Å². The fourth-order valence-electron chi connectivity index (χ4n) is 2.18. The van der Waals surface area contributed by atoms with Gasteiger partial charge in [0.25, 0.3) is 5.91 Å². The van der Waals surface area contributed by atoms with Crippen molar-refractivity contribution < 1.29 is 9.53 Å². The highest BCUT2D eigenvalue weighted by Crippen LogP contribution is 2.20. The van der Waals surface area contributed by atoms with E-state index in [1.807, 2.05) is 0 Å². The molecule has 0 spiro atoms. The Morgan fingerprint density at radius 1 is 1.40 bits per heavy atom. The highest BCUT2D eigenvalue weighted by atomic mass is 35.5. The van der Waals surface area contributed by atoms with E-state index in [9.17, 15) is 4.79 Å². The van der Waals surface area contributed by atoms with Crippen LogP contribution in [0.5, 0.6) is 5.75 Å². The molecule has 20 heavy (non-hydrogen) atoms. The lowest BCUT2D eigenvalue weighted by Crippen LogP contribution is -2.28. The number of nitrogens with zero attached hydrogens (tertiary/aromatic N) is 1. The summed E-state index contributed by atoms with van der Waals surface area (Å²) in [6.45, 7) is 2.10. The fourth-order valence-corrected chi connectivity index (χ4v) is 2.31. The summed E-state index contributed by atoms with van der Waals surface area (Å²) in [7, 11) is 0. The van der Waals surface area contributed by atoms with Gasteiger partial charge in [0.05, 0.1) is 0 Å². The average molecular weight is 295 g/mol. The Hall–Kier alpha value is -1.55. The zero-order valence-corrected chi connectivity index (χ0v) is 12.3. The number of carbonyl (C=O) groups excluding carboxylic acids is 1. The third kappa shape index (κ3) is 4.53. The van der Waals surface area contributed by atoms with E-state index in [1.165, 1.54) is 6.42 Å². The zero-order chi connectivity index (χ0) is 14.4. The number of ether oxygens (including phenoxy) is 1. The average Bonchev–Trinajstić information content (AvgIpc) is 2.46. The maximum atomic E-state index is 11.7. The molecule has 1 aromatic carbocycles. The summed E-state index contributed by atoms with van der Waals surface area (Å²) < 4.78 is 5.35. The first-order valence-corrected chi connectivity index (χ1v) is 7.26. The minimum Gasteiger partial charge on any atom is -0.484 e. The summed E-state index contributed by atoms with van der Waals surface area (Å²) in [5, 5.41) is 4.84. The van der Waals surface area contributed by atoms with Crippen molar-refractivity contribution in [1.82, 2.24) is 5.43 Å². The van der Waals surface area contributed by atoms with Crippen LogP contribution in [0.4, 0.5) is 0 Å². The minimum atomic E-state index is -0.245. The van der Waals surface area contributed by atoms with Crippen molar-refractivity contribution in [3.05, 3.63) is 29.3 Å². The van der Waals surface area contributed by atoms with Gasteiger partial charge in [0, 0.05) is 10.7 Å². The molecule has 1 saturated carbocycles. The van der Waals surface area contributed by atoms with E-state index in [0.717, 1.165) is 25.0 Å². The Bertz CT molecular complexity index is 485. The number of nitrogens with one attached hydrogen (secondary N) is 1. The van der Waals surface area contributed by atoms with E-state index >= 15 is 0 Å². The normalized spacial score (nSPS) is 20.7. The van der Waals surface area contributed by atoms with Crippen LogP contribution in [0, 0.1) is 5.92 Å². The topological polar surface area (TPSA) is 50.7 Å². The van der Waals surface area contributed by atoms with Gasteiger partial charge in [0.1, 0.15) is 5.75 Å². The van der Waals surface area contributed by atoms with Crippen LogP contribution in [-0.4, -0.2) is 18.2 Å². The molecule has 0 aliphatic heterocycles. The summed E-state index contributed by atoms with van der Waals surface area (Å²) >= 11 is 5.77. The van der Waals surface area contributed by atoms with Crippen LogP contribution in [0.1, 0.15) is 32.6 Å². The Morgan fingerprint density at radius 3 is 2.85 bits per heavy atom.